The number of benzene rings is 4. The maximum Gasteiger partial charge on any atom is 0.196 e. The molecule has 1 aromatic heterocycles. The van der Waals surface area contributed by atoms with Gasteiger partial charge in [-0.3, -0.25) is 4.57 Å². The third-order valence-corrected chi connectivity index (χ3v) is 8.26. The molecule has 0 N–H and O–H groups in total. The van der Waals surface area contributed by atoms with Crippen molar-refractivity contribution in [1.82, 2.24) is 14.8 Å². The molecule has 0 fully saturated rings. The molecule has 5 nitrogen and oxygen atoms in total. The minimum atomic E-state index is -3.58. The average Bonchev–Trinajstić information content (AvgIpc) is 3.25. The zero-order chi connectivity index (χ0) is 23.5. The molecule has 0 aliphatic rings. The molecule has 0 spiro atoms. The number of rotatable bonds is 7. The molecule has 1 heterocycles. The van der Waals surface area contributed by atoms with Crippen LogP contribution in [0, 0.1) is 6.92 Å². The van der Waals surface area contributed by atoms with Gasteiger partial charge in [0.25, 0.3) is 0 Å². The molecular formula is C27H23N3O2S2. The molecular weight excluding hydrogens is 462 g/mol. The summed E-state index contributed by atoms with van der Waals surface area (Å²) in [5.41, 5.74) is 3.04. The molecule has 5 aromatic rings. The summed E-state index contributed by atoms with van der Waals surface area (Å²) in [5.74, 6) is 0.858. The van der Waals surface area contributed by atoms with E-state index >= 15 is 0 Å². The Kier molecular flexibility index (Phi) is 6.22. The van der Waals surface area contributed by atoms with Crippen LogP contribution in [-0.4, -0.2) is 23.2 Å². The van der Waals surface area contributed by atoms with Crippen LogP contribution in [0.25, 0.3) is 16.5 Å². The van der Waals surface area contributed by atoms with Crippen molar-refractivity contribution in [3.8, 4) is 5.69 Å². The zero-order valence-corrected chi connectivity index (χ0v) is 20.3. The third kappa shape index (κ3) is 4.62. The second-order valence-corrected chi connectivity index (χ2v) is 11.0. The van der Waals surface area contributed by atoms with Crippen LogP contribution in [-0.2, 0) is 21.3 Å². The molecule has 34 heavy (non-hydrogen) atoms. The topological polar surface area (TPSA) is 64.8 Å². The third-order valence-electron chi connectivity index (χ3n) is 5.65. The fraction of sp³-hybridized carbons (Fsp3) is 0.111. The fourth-order valence-electron chi connectivity index (χ4n) is 3.88. The van der Waals surface area contributed by atoms with E-state index in [4.69, 9.17) is 0 Å². The van der Waals surface area contributed by atoms with Gasteiger partial charge in [0.15, 0.2) is 20.8 Å². The molecule has 0 saturated carbocycles. The Morgan fingerprint density at radius 1 is 0.794 bits per heavy atom. The van der Waals surface area contributed by atoms with E-state index in [9.17, 15) is 8.42 Å². The number of aryl methyl sites for hydroxylation is 1. The van der Waals surface area contributed by atoms with Crippen LogP contribution in [0.2, 0.25) is 0 Å². The van der Waals surface area contributed by atoms with E-state index in [1.165, 1.54) is 16.3 Å². The standard InChI is InChI=1S/C27H23N3O2S2/c1-20-14-16-24(17-15-20)34(31,32)19-26-28-29-27(30(26)23-11-3-2-4-12-23)33-18-22-10-7-9-21-8-5-6-13-25(21)22/h2-17H,18-19H2,1H3. The number of fused-ring (bicyclic) bond motifs is 1. The van der Waals surface area contributed by atoms with Gasteiger partial charge in [-0.1, -0.05) is 90.1 Å². The SMILES string of the molecule is Cc1ccc(S(=O)(=O)Cc2nnc(SCc3cccc4ccccc34)n2-c2ccccc2)cc1. The molecule has 0 amide bonds. The molecule has 0 unspecified atom stereocenters. The van der Waals surface area contributed by atoms with E-state index in [0.29, 0.717) is 16.7 Å². The normalized spacial score (nSPS) is 11.7. The number of aromatic nitrogens is 3. The van der Waals surface area contributed by atoms with Gasteiger partial charge in [-0.05, 0) is 47.5 Å². The molecule has 0 atom stereocenters. The number of hydrogen-bond donors (Lipinski definition) is 0. The predicted octanol–water partition coefficient (Wildman–Crippen LogP) is 6.00. The van der Waals surface area contributed by atoms with Gasteiger partial charge in [0.05, 0.1) is 4.90 Å². The first-order chi connectivity index (χ1) is 16.5. The molecule has 7 heteroatoms. The van der Waals surface area contributed by atoms with Gasteiger partial charge >= 0.3 is 0 Å². The van der Waals surface area contributed by atoms with Crippen molar-refractivity contribution < 1.29 is 8.42 Å². The van der Waals surface area contributed by atoms with Crippen molar-refractivity contribution in [2.75, 3.05) is 0 Å². The van der Waals surface area contributed by atoms with E-state index < -0.39 is 9.84 Å². The lowest BCUT2D eigenvalue weighted by atomic mass is 10.1. The quantitative estimate of drug-likeness (QED) is 0.265. The maximum atomic E-state index is 13.1. The fourth-order valence-corrected chi connectivity index (χ4v) is 6.10. The monoisotopic (exact) mass is 485 g/mol. The number of sulfone groups is 1. The van der Waals surface area contributed by atoms with Gasteiger partial charge < -0.3 is 0 Å². The van der Waals surface area contributed by atoms with Gasteiger partial charge in [0, 0.05) is 11.4 Å². The van der Waals surface area contributed by atoms with E-state index in [0.717, 1.165) is 11.3 Å². The van der Waals surface area contributed by atoms with E-state index in [1.807, 2.05) is 54.0 Å². The molecule has 4 aromatic carbocycles. The summed E-state index contributed by atoms with van der Waals surface area (Å²) in [6, 6.07) is 31.1. The van der Waals surface area contributed by atoms with Gasteiger partial charge in [-0.2, -0.15) is 0 Å². The summed E-state index contributed by atoms with van der Waals surface area (Å²) < 4.78 is 28.1. The highest BCUT2D eigenvalue weighted by Gasteiger charge is 2.22. The first-order valence-electron chi connectivity index (χ1n) is 10.9. The first kappa shape index (κ1) is 22.4. The minimum Gasteiger partial charge on any atom is -0.273 e. The molecule has 170 valence electrons. The number of hydrogen-bond acceptors (Lipinski definition) is 5. The summed E-state index contributed by atoms with van der Waals surface area (Å²) in [7, 11) is -3.58. The molecule has 0 saturated heterocycles. The summed E-state index contributed by atoms with van der Waals surface area (Å²) in [6.45, 7) is 1.93. The Morgan fingerprint density at radius 2 is 1.50 bits per heavy atom. The van der Waals surface area contributed by atoms with Crippen LogP contribution >= 0.6 is 11.8 Å². The van der Waals surface area contributed by atoms with Crippen LogP contribution in [0.3, 0.4) is 0 Å². The number of para-hydroxylation sites is 1. The smallest absolute Gasteiger partial charge is 0.196 e. The maximum absolute atomic E-state index is 13.1. The first-order valence-corrected chi connectivity index (χ1v) is 13.5. The van der Waals surface area contributed by atoms with Gasteiger partial charge in [0.2, 0.25) is 0 Å². The summed E-state index contributed by atoms with van der Waals surface area (Å²) in [6.07, 6.45) is 0. The van der Waals surface area contributed by atoms with Gasteiger partial charge in [0.1, 0.15) is 5.75 Å². The highest BCUT2D eigenvalue weighted by Crippen LogP contribution is 2.29. The molecule has 0 aliphatic heterocycles. The molecule has 0 aliphatic carbocycles. The predicted molar refractivity (Wildman–Crippen MR) is 137 cm³/mol. The lowest BCUT2D eigenvalue weighted by Gasteiger charge is -2.11. The van der Waals surface area contributed by atoms with Crippen molar-refractivity contribution >= 4 is 32.4 Å². The van der Waals surface area contributed by atoms with Crippen molar-refractivity contribution in [3.63, 3.8) is 0 Å². The van der Waals surface area contributed by atoms with E-state index in [1.54, 1.807) is 36.0 Å². The number of nitrogens with zero attached hydrogens (tertiary/aromatic N) is 3. The van der Waals surface area contributed by atoms with E-state index in [2.05, 4.69) is 40.5 Å². The Labute approximate surface area is 203 Å². The lowest BCUT2D eigenvalue weighted by molar-refractivity contribution is 0.593. The summed E-state index contributed by atoms with van der Waals surface area (Å²) in [4.78, 5) is 0.283. The van der Waals surface area contributed by atoms with Crippen LogP contribution in [0.4, 0.5) is 0 Å². The van der Waals surface area contributed by atoms with Crippen LogP contribution < -0.4 is 0 Å². The second kappa shape index (κ2) is 9.44. The molecule has 5 rings (SSSR count). The van der Waals surface area contributed by atoms with Gasteiger partial charge in [-0.25, -0.2) is 8.42 Å². The largest absolute Gasteiger partial charge is 0.273 e. The number of thioether (sulfide) groups is 1. The Hall–Kier alpha value is -3.42. The van der Waals surface area contributed by atoms with Crippen molar-refractivity contribution in [3.05, 3.63) is 114 Å². The average molecular weight is 486 g/mol. The summed E-state index contributed by atoms with van der Waals surface area (Å²) in [5, 5.41) is 11.7. The van der Waals surface area contributed by atoms with Crippen LogP contribution in [0.5, 0.6) is 0 Å². The Morgan fingerprint density at radius 3 is 2.29 bits per heavy atom. The molecule has 0 bridgehead atoms. The van der Waals surface area contributed by atoms with E-state index in [-0.39, 0.29) is 10.6 Å². The van der Waals surface area contributed by atoms with Crippen LogP contribution in [0.1, 0.15) is 17.0 Å². The Bertz CT molecular complexity index is 1540. The Balaban J connectivity index is 1.49. The van der Waals surface area contributed by atoms with Crippen molar-refractivity contribution in [2.24, 2.45) is 0 Å². The zero-order valence-electron chi connectivity index (χ0n) is 18.6. The minimum absolute atomic E-state index is 0.229. The van der Waals surface area contributed by atoms with Crippen LogP contribution in [0.15, 0.2) is 107 Å². The van der Waals surface area contributed by atoms with Gasteiger partial charge in [-0.15, -0.1) is 10.2 Å². The second-order valence-electron chi connectivity index (χ2n) is 8.07. The van der Waals surface area contributed by atoms with Crippen molar-refractivity contribution in [1.29, 1.82) is 0 Å². The molecule has 0 radical (unpaired) electrons. The highest BCUT2D eigenvalue weighted by molar-refractivity contribution is 7.98. The highest BCUT2D eigenvalue weighted by atomic mass is 32.2. The summed E-state index contributed by atoms with van der Waals surface area (Å²) >= 11 is 1.55. The lowest BCUT2D eigenvalue weighted by Crippen LogP contribution is -2.11. The van der Waals surface area contributed by atoms with Crippen molar-refractivity contribution in [2.45, 2.75) is 28.5 Å².